The number of oxazole rings is 1. The Labute approximate surface area is 122 Å². The van der Waals surface area contributed by atoms with Crippen molar-refractivity contribution >= 4 is 5.91 Å². The van der Waals surface area contributed by atoms with Crippen molar-refractivity contribution in [3.05, 3.63) is 35.3 Å². The molecule has 3 N–H and O–H groups in total. The number of piperidine rings is 1. The van der Waals surface area contributed by atoms with E-state index in [0.29, 0.717) is 18.2 Å². The standard InChI is InChI=1S/C14H19N5O2/c1-9-6-16-13(21-9)8-19-4-2-3-10(7-19)11-5-12(14(15)20)18-17-11/h5-6,10H,2-4,7-8H2,1H3,(H2,15,20)(H,17,18)/t10-/m0/s1. The van der Waals surface area contributed by atoms with E-state index in [4.69, 9.17) is 10.2 Å². The zero-order valence-corrected chi connectivity index (χ0v) is 12.0. The summed E-state index contributed by atoms with van der Waals surface area (Å²) in [5.74, 6) is 1.41. The molecule has 1 atom stereocenters. The van der Waals surface area contributed by atoms with Crippen LogP contribution in [0.5, 0.6) is 0 Å². The van der Waals surface area contributed by atoms with Crippen molar-refractivity contribution in [3.63, 3.8) is 0 Å². The first-order valence-corrected chi connectivity index (χ1v) is 7.10. The van der Waals surface area contributed by atoms with Crippen molar-refractivity contribution in [2.45, 2.75) is 32.2 Å². The Morgan fingerprint density at radius 2 is 2.48 bits per heavy atom. The average molecular weight is 289 g/mol. The van der Waals surface area contributed by atoms with Gasteiger partial charge in [0.15, 0.2) is 0 Å². The summed E-state index contributed by atoms with van der Waals surface area (Å²) < 4.78 is 5.53. The number of amides is 1. The second-order valence-electron chi connectivity index (χ2n) is 5.51. The Kier molecular flexibility index (Phi) is 3.74. The van der Waals surface area contributed by atoms with E-state index in [1.807, 2.05) is 6.92 Å². The number of hydrogen-bond donors (Lipinski definition) is 2. The predicted molar refractivity (Wildman–Crippen MR) is 75.6 cm³/mol. The number of nitrogens with one attached hydrogen (secondary N) is 1. The zero-order valence-electron chi connectivity index (χ0n) is 12.0. The van der Waals surface area contributed by atoms with Gasteiger partial charge in [0.2, 0.25) is 5.89 Å². The lowest BCUT2D eigenvalue weighted by Crippen LogP contribution is -2.34. The lowest BCUT2D eigenvalue weighted by molar-refractivity contribution is 0.0995. The molecule has 2 aromatic heterocycles. The molecule has 1 amide bonds. The zero-order chi connectivity index (χ0) is 14.8. The maximum atomic E-state index is 11.1. The van der Waals surface area contributed by atoms with E-state index < -0.39 is 5.91 Å². The van der Waals surface area contributed by atoms with Crippen LogP contribution in [0.1, 0.15) is 46.6 Å². The minimum Gasteiger partial charge on any atom is -0.445 e. The van der Waals surface area contributed by atoms with E-state index >= 15 is 0 Å². The molecule has 2 aromatic rings. The third kappa shape index (κ3) is 3.13. The van der Waals surface area contributed by atoms with Crippen LogP contribution in [0.25, 0.3) is 0 Å². The third-order valence-electron chi connectivity index (χ3n) is 3.82. The van der Waals surface area contributed by atoms with Crippen molar-refractivity contribution in [2.75, 3.05) is 13.1 Å². The number of rotatable bonds is 4. The summed E-state index contributed by atoms with van der Waals surface area (Å²) >= 11 is 0. The number of primary amides is 1. The van der Waals surface area contributed by atoms with Crippen LogP contribution < -0.4 is 5.73 Å². The van der Waals surface area contributed by atoms with E-state index in [1.54, 1.807) is 12.3 Å². The molecule has 1 aliphatic rings. The highest BCUT2D eigenvalue weighted by Gasteiger charge is 2.24. The molecule has 21 heavy (non-hydrogen) atoms. The van der Waals surface area contributed by atoms with Crippen molar-refractivity contribution in [2.24, 2.45) is 5.73 Å². The molecule has 0 bridgehead atoms. The molecule has 0 aromatic carbocycles. The highest BCUT2D eigenvalue weighted by Crippen LogP contribution is 2.26. The Morgan fingerprint density at radius 1 is 1.62 bits per heavy atom. The van der Waals surface area contributed by atoms with Gasteiger partial charge in [-0.3, -0.25) is 14.8 Å². The first-order chi connectivity index (χ1) is 10.1. The van der Waals surface area contributed by atoms with Crippen LogP contribution in [0.4, 0.5) is 0 Å². The fourth-order valence-corrected chi connectivity index (χ4v) is 2.79. The summed E-state index contributed by atoms with van der Waals surface area (Å²) in [5, 5.41) is 6.88. The van der Waals surface area contributed by atoms with Crippen LogP contribution >= 0.6 is 0 Å². The van der Waals surface area contributed by atoms with Gasteiger partial charge in [0.25, 0.3) is 5.91 Å². The fraction of sp³-hybridized carbons (Fsp3) is 0.500. The van der Waals surface area contributed by atoms with Gasteiger partial charge < -0.3 is 10.2 Å². The summed E-state index contributed by atoms with van der Waals surface area (Å²) in [6.45, 7) is 4.52. The maximum Gasteiger partial charge on any atom is 0.269 e. The second kappa shape index (κ2) is 5.69. The van der Waals surface area contributed by atoms with Gasteiger partial charge in [0.1, 0.15) is 11.5 Å². The van der Waals surface area contributed by atoms with Gasteiger partial charge in [-0.15, -0.1) is 0 Å². The van der Waals surface area contributed by atoms with Crippen molar-refractivity contribution in [3.8, 4) is 0 Å². The Morgan fingerprint density at radius 3 is 3.14 bits per heavy atom. The smallest absolute Gasteiger partial charge is 0.269 e. The van der Waals surface area contributed by atoms with E-state index in [0.717, 1.165) is 43.3 Å². The lowest BCUT2D eigenvalue weighted by atomic mass is 9.94. The highest BCUT2D eigenvalue weighted by atomic mass is 16.4. The van der Waals surface area contributed by atoms with Gasteiger partial charge in [0.05, 0.1) is 12.7 Å². The first-order valence-electron chi connectivity index (χ1n) is 7.10. The third-order valence-corrected chi connectivity index (χ3v) is 3.82. The van der Waals surface area contributed by atoms with Crippen LogP contribution in [-0.4, -0.2) is 39.1 Å². The number of likely N-dealkylation sites (tertiary alicyclic amines) is 1. The molecule has 1 fully saturated rings. The molecule has 112 valence electrons. The number of nitrogens with zero attached hydrogens (tertiary/aromatic N) is 3. The van der Waals surface area contributed by atoms with Gasteiger partial charge in [-0.05, 0) is 32.4 Å². The van der Waals surface area contributed by atoms with Gasteiger partial charge in [-0.1, -0.05) is 0 Å². The summed E-state index contributed by atoms with van der Waals surface area (Å²) in [7, 11) is 0. The summed E-state index contributed by atoms with van der Waals surface area (Å²) in [6, 6.07) is 1.76. The molecule has 1 aliphatic heterocycles. The van der Waals surface area contributed by atoms with Crippen LogP contribution in [0.2, 0.25) is 0 Å². The molecular weight excluding hydrogens is 270 g/mol. The fourth-order valence-electron chi connectivity index (χ4n) is 2.79. The van der Waals surface area contributed by atoms with E-state index in [-0.39, 0.29) is 0 Å². The number of nitrogens with two attached hydrogens (primary N) is 1. The minimum absolute atomic E-state index is 0.297. The van der Waals surface area contributed by atoms with Gasteiger partial charge in [0, 0.05) is 18.2 Å². The van der Waals surface area contributed by atoms with E-state index in [1.165, 1.54) is 0 Å². The quantitative estimate of drug-likeness (QED) is 0.880. The molecular formula is C14H19N5O2. The van der Waals surface area contributed by atoms with Gasteiger partial charge in [-0.2, -0.15) is 5.10 Å². The van der Waals surface area contributed by atoms with Gasteiger partial charge in [-0.25, -0.2) is 4.98 Å². The molecule has 7 heteroatoms. The second-order valence-corrected chi connectivity index (χ2v) is 5.51. The average Bonchev–Trinajstić information content (AvgIpc) is 3.08. The van der Waals surface area contributed by atoms with Gasteiger partial charge >= 0.3 is 0 Å². The molecule has 0 radical (unpaired) electrons. The monoisotopic (exact) mass is 289 g/mol. The minimum atomic E-state index is -0.500. The van der Waals surface area contributed by atoms with Crippen LogP contribution in [-0.2, 0) is 6.54 Å². The molecule has 0 unspecified atom stereocenters. The summed E-state index contributed by atoms with van der Waals surface area (Å²) in [5.41, 5.74) is 6.50. The summed E-state index contributed by atoms with van der Waals surface area (Å²) in [6.07, 6.45) is 3.90. The number of aromatic nitrogens is 3. The van der Waals surface area contributed by atoms with Crippen molar-refractivity contribution < 1.29 is 9.21 Å². The molecule has 0 saturated carbocycles. The first kappa shape index (κ1) is 13.8. The largest absolute Gasteiger partial charge is 0.445 e. The highest BCUT2D eigenvalue weighted by molar-refractivity contribution is 5.90. The Balaban J connectivity index is 1.66. The van der Waals surface area contributed by atoms with Crippen molar-refractivity contribution in [1.82, 2.24) is 20.1 Å². The van der Waals surface area contributed by atoms with Crippen LogP contribution in [0, 0.1) is 6.92 Å². The van der Waals surface area contributed by atoms with E-state index in [2.05, 4.69) is 20.1 Å². The molecule has 0 aliphatic carbocycles. The van der Waals surface area contributed by atoms with Crippen LogP contribution in [0.3, 0.4) is 0 Å². The van der Waals surface area contributed by atoms with E-state index in [9.17, 15) is 4.79 Å². The Bertz CT molecular complexity index is 633. The maximum absolute atomic E-state index is 11.1. The topological polar surface area (TPSA) is 101 Å². The molecule has 7 nitrogen and oxygen atoms in total. The molecule has 3 heterocycles. The number of aromatic amines is 1. The SMILES string of the molecule is Cc1cnc(CN2CCC[C@H](c3cc(C(N)=O)n[nH]3)C2)o1. The molecule has 0 spiro atoms. The lowest BCUT2D eigenvalue weighted by Gasteiger charge is -2.31. The number of carbonyl (C=O) groups excluding carboxylic acids is 1. The Hall–Kier alpha value is -2.15. The number of aryl methyl sites for hydroxylation is 1. The number of carbonyl (C=O) groups is 1. The predicted octanol–water partition coefficient (Wildman–Crippen LogP) is 1.18. The number of hydrogen-bond acceptors (Lipinski definition) is 5. The number of H-pyrrole nitrogens is 1. The van der Waals surface area contributed by atoms with Crippen molar-refractivity contribution in [1.29, 1.82) is 0 Å². The normalized spacial score (nSPS) is 19.8. The summed E-state index contributed by atoms with van der Waals surface area (Å²) in [4.78, 5) is 17.7. The molecule has 3 rings (SSSR count). The molecule has 1 saturated heterocycles. The van der Waals surface area contributed by atoms with Crippen LogP contribution in [0.15, 0.2) is 16.7 Å².